The van der Waals surface area contributed by atoms with Crippen LogP contribution in [0.2, 0.25) is 0 Å². The van der Waals surface area contributed by atoms with Gasteiger partial charge in [0.05, 0.1) is 36.7 Å². The third-order valence-electron chi connectivity index (χ3n) is 7.33. The van der Waals surface area contributed by atoms with Crippen LogP contribution in [-0.4, -0.2) is 116 Å². The molecule has 0 bridgehead atoms. The van der Waals surface area contributed by atoms with Crippen LogP contribution in [0.3, 0.4) is 0 Å². The van der Waals surface area contributed by atoms with Crippen molar-refractivity contribution in [2.75, 3.05) is 43.0 Å². The highest BCUT2D eigenvalue weighted by molar-refractivity contribution is 7.99. The van der Waals surface area contributed by atoms with Crippen LogP contribution in [0.4, 0.5) is 28.4 Å². The van der Waals surface area contributed by atoms with Crippen LogP contribution in [0.25, 0.3) is 10.8 Å². The fraction of sp³-hybridized carbons (Fsp3) is 0.214. The highest BCUT2D eigenvalue weighted by atomic mass is 32.3. The molecule has 0 aliphatic heterocycles. The number of fused-ring (bicyclic) bond motifs is 1. The number of hydrogen-bond acceptors (Lipinski definition) is 22. The highest BCUT2D eigenvalue weighted by Crippen LogP contribution is 2.47. The van der Waals surface area contributed by atoms with Gasteiger partial charge in [-0.3, -0.25) is 22.8 Å². The lowest BCUT2D eigenvalue weighted by atomic mass is 10.1. The first kappa shape index (κ1) is 49.2. The lowest BCUT2D eigenvalue weighted by Crippen LogP contribution is -2.16. The van der Waals surface area contributed by atoms with E-state index in [1.807, 2.05) is 0 Å². The summed E-state index contributed by atoms with van der Waals surface area (Å²) in [5, 5.41) is 28.1. The molecule has 33 heteroatoms. The molecule has 4 aromatic rings. The van der Waals surface area contributed by atoms with Crippen molar-refractivity contribution in [2.45, 2.75) is 19.6 Å². The Kier molecular flexibility index (Phi) is 15.2. The lowest BCUT2D eigenvalue weighted by Gasteiger charge is -2.14. The van der Waals surface area contributed by atoms with Gasteiger partial charge >= 0.3 is 20.8 Å². The Hall–Kier alpha value is -4.49. The first-order valence-corrected chi connectivity index (χ1v) is 25.6. The van der Waals surface area contributed by atoms with Gasteiger partial charge in [0.2, 0.25) is 0 Å². The van der Waals surface area contributed by atoms with Crippen molar-refractivity contribution >= 4 is 112 Å². The van der Waals surface area contributed by atoms with E-state index in [0.29, 0.717) is 23.1 Å². The van der Waals surface area contributed by atoms with Gasteiger partial charge in [0, 0.05) is 21.4 Å². The van der Waals surface area contributed by atoms with Crippen LogP contribution >= 0.6 is 11.8 Å². The molecule has 0 fully saturated rings. The summed E-state index contributed by atoms with van der Waals surface area (Å²) in [6.45, 7) is -1.53. The summed E-state index contributed by atoms with van der Waals surface area (Å²) in [5.74, 6) is -3.29. The Morgan fingerprint density at radius 1 is 0.639 bits per heavy atom. The summed E-state index contributed by atoms with van der Waals surface area (Å²) >= 11 is 1.02. The van der Waals surface area contributed by atoms with Gasteiger partial charge in [-0.2, -0.15) is 42.1 Å². The number of azo groups is 2. The zero-order chi connectivity index (χ0) is 45.8. The second-order valence-electron chi connectivity index (χ2n) is 11.5. The summed E-state index contributed by atoms with van der Waals surface area (Å²) in [5.41, 5.74) is -2.82. The van der Waals surface area contributed by atoms with E-state index in [-0.39, 0.29) is 22.6 Å². The number of rotatable bonds is 20. The molecule has 0 amide bonds. The van der Waals surface area contributed by atoms with E-state index in [9.17, 15) is 69.3 Å². The maximum Gasteiger partial charge on any atom is 0.397 e. The van der Waals surface area contributed by atoms with E-state index >= 15 is 0 Å². The van der Waals surface area contributed by atoms with Gasteiger partial charge in [-0.25, -0.2) is 16.8 Å². The van der Waals surface area contributed by atoms with Crippen molar-refractivity contribution in [2.24, 2.45) is 20.5 Å². The Morgan fingerprint density at radius 2 is 1.25 bits per heavy atom. The number of thioether (sulfide) groups is 1. The zero-order valence-electron chi connectivity index (χ0n) is 30.2. The summed E-state index contributed by atoms with van der Waals surface area (Å²) in [4.78, 5) is -2.78. The number of ether oxygens (including phenoxy) is 1. The summed E-state index contributed by atoms with van der Waals surface area (Å²) < 4.78 is 203. The van der Waals surface area contributed by atoms with Gasteiger partial charge in [-0.1, -0.05) is 0 Å². The Bertz CT molecular complexity index is 3110. The normalized spacial score (nSPS) is 13.3. The molecule has 4 rings (SSSR count). The third-order valence-corrected chi connectivity index (χ3v) is 13.2. The molecule has 61 heavy (non-hydrogen) atoms. The Labute approximate surface area is 350 Å². The molecule has 0 saturated heterocycles. The standard InChI is InChI=1S/C28H29N5O21S7/c1-52-23-7-2-16(55-10-8-53-60(46,47)48)12-22(23)31-33-27-25(59(43,44)45)14-19-18(28(27)34)4-6-21(29-15-57(37,38)39)26(19)32-30-20-5-3-17(13-24(20)58(40,41)42)56(35,36)11-9-54-61(49,50)51/h2-7,12-14,29,34H,8-11,15H2,1H3,(H,37,38,39)(H,40,41,42)(H,43,44,45)(H,46,47,48)(H,49,50,51). The monoisotopic (exact) mass is 995 g/mol. The molecule has 0 unspecified atom stereocenters. The van der Waals surface area contributed by atoms with Crippen LogP contribution in [0.15, 0.2) is 94.6 Å². The fourth-order valence-electron chi connectivity index (χ4n) is 4.81. The molecular formula is C28H29N5O21S7. The van der Waals surface area contributed by atoms with Crippen molar-refractivity contribution in [1.82, 2.24) is 0 Å². The Balaban J connectivity index is 1.90. The molecule has 0 radical (unpaired) electrons. The second-order valence-corrected chi connectivity index (χ2v) is 21.2. The number of aromatic hydroxyl groups is 1. The van der Waals surface area contributed by atoms with E-state index in [1.54, 1.807) is 0 Å². The van der Waals surface area contributed by atoms with Crippen molar-refractivity contribution in [3.05, 3.63) is 54.6 Å². The first-order valence-electron chi connectivity index (χ1n) is 15.7. The predicted molar refractivity (Wildman–Crippen MR) is 211 cm³/mol. The molecule has 0 spiro atoms. The SMILES string of the molecule is COc1ccc(SCCOS(=O)(=O)O)cc1N=Nc1c(S(=O)(=O)O)cc2c(N=Nc3ccc(S(=O)(=O)CCOS(=O)(=O)O)cc3S(=O)(=O)O)c(NCS(=O)(=O)O)ccc2c1O. The van der Waals surface area contributed by atoms with Crippen LogP contribution in [0.5, 0.6) is 11.5 Å². The largest absolute Gasteiger partial charge is 0.505 e. The van der Waals surface area contributed by atoms with E-state index < -0.39 is 134 Å². The number of methoxy groups -OCH3 is 1. The number of phenolic OH excluding ortho intramolecular Hbond substituents is 1. The minimum absolute atomic E-state index is 0.00395. The quantitative estimate of drug-likeness (QED) is 0.0287. The van der Waals surface area contributed by atoms with E-state index in [2.05, 4.69) is 34.1 Å². The molecule has 0 atom stereocenters. The molecule has 4 aromatic carbocycles. The van der Waals surface area contributed by atoms with Gasteiger partial charge in [0.1, 0.15) is 44.2 Å². The van der Waals surface area contributed by atoms with Crippen LogP contribution in [0.1, 0.15) is 0 Å². The van der Waals surface area contributed by atoms with Gasteiger partial charge in [0.25, 0.3) is 30.4 Å². The zero-order valence-corrected chi connectivity index (χ0v) is 35.9. The predicted octanol–water partition coefficient (Wildman–Crippen LogP) is 3.64. The van der Waals surface area contributed by atoms with E-state index in [1.165, 1.54) is 25.3 Å². The number of hydrogen-bond donors (Lipinski definition) is 7. The second kappa shape index (κ2) is 18.9. The van der Waals surface area contributed by atoms with Crippen LogP contribution in [0, 0.1) is 0 Å². The molecule has 0 aromatic heterocycles. The molecule has 0 heterocycles. The maximum atomic E-state index is 12.7. The van der Waals surface area contributed by atoms with Gasteiger partial charge in [-0.15, -0.1) is 32.2 Å². The number of benzene rings is 4. The summed E-state index contributed by atoms with van der Waals surface area (Å²) in [6.07, 6.45) is 0. The van der Waals surface area contributed by atoms with Crippen molar-refractivity contribution in [1.29, 1.82) is 0 Å². The average Bonchev–Trinajstić information content (AvgIpc) is 3.12. The van der Waals surface area contributed by atoms with Gasteiger partial charge < -0.3 is 15.2 Å². The molecule has 26 nitrogen and oxygen atoms in total. The van der Waals surface area contributed by atoms with E-state index in [0.717, 1.165) is 30.0 Å². The van der Waals surface area contributed by atoms with Crippen LogP contribution in [-0.2, 0) is 69.4 Å². The smallest absolute Gasteiger partial charge is 0.397 e. The molecule has 7 N–H and O–H groups in total. The topological polar surface area (TPSA) is 415 Å². The number of sulfone groups is 1. The number of nitrogens with zero attached hydrogens (tertiary/aromatic N) is 4. The minimum atomic E-state index is -5.38. The summed E-state index contributed by atoms with van der Waals surface area (Å²) in [6, 6.07) is 8.85. The van der Waals surface area contributed by atoms with Crippen molar-refractivity contribution < 1.29 is 91.5 Å². The number of phenols is 1. The van der Waals surface area contributed by atoms with Crippen molar-refractivity contribution in [3.8, 4) is 11.5 Å². The van der Waals surface area contributed by atoms with Gasteiger partial charge in [0.15, 0.2) is 15.6 Å². The number of anilines is 1. The third kappa shape index (κ3) is 14.0. The molecule has 0 aliphatic rings. The molecule has 0 aliphatic carbocycles. The molecule has 0 saturated carbocycles. The van der Waals surface area contributed by atoms with E-state index in [4.69, 9.17) is 13.8 Å². The molecular weight excluding hydrogens is 967 g/mol. The van der Waals surface area contributed by atoms with Crippen molar-refractivity contribution in [3.63, 3.8) is 0 Å². The van der Waals surface area contributed by atoms with Crippen LogP contribution < -0.4 is 10.1 Å². The maximum absolute atomic E-state index is 12.7. The summed E-state index contributed by atoms with van der Waals surface area (Å²) in [7, 11) is -28.6. The minimum Gasteiger partial charge on any atom is -0.505 e. The fourth-order valence-corrected chi connectivity index (χ4v) is 9.19. The highest BCUT2D eigenvalue weighted by Gasteiger charge is 2.26. The Morgan fingerprint density at radius 3 is 1.84 bits per heavy atom. The first-order chi connectivity index (χ1) is 28.0. The average molecular weight is 996 g/mol. The molecule has 334 valence electrons. The number of nitrogens with one attached hydrogen (secondary N) is 1. The lowest BCUT2D eigenvalue weighted by molar-refractivity contribution is 0.282. The van der Waals surface area contributed by atoms with Gasteiger partial charge in [-0.05, 0) is 54.6 Å².